The lowest BCUT2D eigenvalue weighted by atomic mass is 9.50. The molecular weight excluding hydrogens is 440 g/mol. The zero-order valence-corrected chi connectivity index (χ0v) is 25.8. The van der Waals surface area contributed by atoms with E-state index in [1.54, 1.807) is 0 Å². The minimum absolute atomic E-state index is 0.166. The van der Waals surface area contributed by atoms with E-state index in [4.69, 9.17) is 8.85 Å². The lowest BCUT2D eigenvalue weighted by Gasteiger charge is -2.58. The van der Waals surface area contributed by atoms with Gasteiger partial charge in [-0.15, -0.1) is 0 Å². The van der Waals surface area contributed by atoms with Crippen LogP contribution in [-0.2, 0) is 8.85 Å². The van der Waals surface area contributed by atoms with Crippen molar-refractivity contribution >= 4 is 16.6 Å². The summed E-state index contributed by atoms with van der Waals surface area (Å²) in [5.74, 6) is 0.615. The molecule has 1 N–H and O–H groups in total. The molecule has 194 valence electrons. The maximum atomic E-state index is 9.84. The maximum Gasteiger partial charge on any atom is 0.192 e. The van der Waals surface area contributed by atoms with Crippen LogP contribution in [0.3, 0.4) is 0 Å². The van der Waals surface area contributed by atoms with E-state index in [9.17, 15) is 5.11 Å². The van der Waals surface area contributed by atoms with Crippen LogP contribution in [-0.4, -0.2) is 41.1 Å². The van der Waals surface area contributed by atoms with Gasteiger partial charge >= 0.3 is 0 Å². The van der Waals surface area contributed by atoms with Gasteiger partial charge in [0.15, 0.2) is 16.6 Å². The highest BCUT2D eigenvalue weighted by atomic mass is 28.4. The van der Waals surface area contributed by atoms with Crippen LogP contribution in [0.2, 0.25) is 36.3 Å². The van der Waals surface area contributed by atoms with Gasteiger partial charge in [0.1, 0.15) is 0 Å². The summed E-state index contributed by atoms with van der Waals surface area (Å²) in [6.07, 6.45) is 9.66. The fraction of sp³-hybridized carbons (Fsp3) is 0.929. The Morgan fingerprint density at radius 1 is 1.06 bits per heavy atom. The molecule has 0 unspecified atom stereocenters. The Balaban J connectivity index is 2.27. The fourth-order valence-corrected chi connectivity index (χ4v) is 10.7. The minimum Gasteiger partial charge on any atom is -0.417 e. The van der Waals surface area contributed by atoms with Crippen LogP contribution in [0.4, 0.5) is 0 Å². The van der Waals surface area contributed by atoms with Crippen molar-refractivity contribution in [2.24, 2.45) is 16.7 Å². The molecule has 5 heteroatoms. The minimum atomic E-state index is -1.71. The highest BCUT2D eigenvalue weighted by Crippen LogP contribution is 2.59. The van der Waals surface area contributed by atoms with Crippen molar-refractivity contribution in [3.8, 4) is 0 Å². The van der Waals surface area contributed by atoms with Gasteiger partial charge in [0, 0.05) is 6.61 Å². The van der Waals surface area contributed by atoms with Crippen molar-refractivity contribution < 1.29 is 14.0 Å². The highest BCUT2D eigenvalue weighted by Gasteiger charge is 2.55. The summed E-state index contributed by atoms with van der Waals surface area (Å²) < 4.78 is 13.9. The summed E-state index contributed by atoms with van der Waals surface area (Å²) in [6, 6.07) is 3.66. The van der Waals surface area contributed by atoms with Crippen LogP contribution in [0.5, 0.6) is 0 Å². The normalized spacial score (nSPS) is 31.3. The van der Waals surface area contributed by atoms with Gasteiger partial charge in [-0.25, -0.2) is 0 Å². The molecule has 2 aliphatic carbocycles. The first kappa shape index (κ1) is 29.3. The molecule has 1 saturated carbocycles. The predicted octanol–water partition coefficient (Wildman–Crippen LogP) is 8.31. The van der Waals surface area contributed by atoms with Crippen molar-refractivity contribution in [2.75, 3.05) is 13.2 Å². The smallest absolute Gasteiger partial charge is 0.192 e. The number of hydrogen-bond donors (Lipinski definition) is 1. The molecule has 2 aliphatic rings. The summed E-state index contributed by atoms with van der Waals surface area (Å²) in [4.78, 5) is 0. The molecule has 0 radical (unpaired) electrons. The van der Waals surface area contributed by atoms with Crippen LogP contribution >= 0.6 is 0 Å². The molecule has 0 bridgehead atoms. The standard InChI is InChI=1S/C28H56O3Si2/c1-11-33(12-2,13-3)31-25-17-19-27(7)21-23(22-29)15-16-24(27)28(25,8)18-14-20-30-32(9,10)26(4,5)6/h21,24-25,29H,11-20,22H2,1-10H3/t24-,25-,27-,28+/m1/s1. The van der Waals surface area contributed by atoms with E-state index in [1.165, 1.54) is 43.0 Å². The molecule has 2 rings (SSSR count). The third-order valence-corrected chi connectivity index (χ3v) is 19.4. The Morgan fingerprint density at radius 2 is 1.67 bits per heavy atom. The number of aliphatic hydroxyl groups excluding tert-OH is 1. The average Bonchev–Trinajstić information content (AvgIpc) is 2.75. The van der Waals surface area contributed by atoms with E-state index >= 15 is 0 Å². The van der Waals surface area contributed by atoms with E-state index in [2.05, 4.69) is 74.6 Å². The molecule has 4 atom stereocenters. The van der Waals surface area contributed by atoms with Gasteiger partial charge < -0.3 is 14.0 Å². The molecule has 3 nitrogen and oxygen atoms in total. The van der Waals surface area contributed by atoms with E-state index in [0.29, 0.717) is 12.0 Å². The molecule has 1 fully saturated rings. The number of hydrogen-bond acceptors (Lipinski definition) is 3. The average molecular weight is 497 g/mol. The van der Waals surface area contributed by atoms with Crippen molar-refractivity contribution in [3.63, 3.8) is 0 Å². The molecular formula is C28H56O3Si2. The second-order valence-corrected chi connectivity index (χ2v) is 22.7. The van der Waals surface area contributed by atoms with Gasteiger partial charge in [0.25, 0.3) is 0 Å². The Labute approximate surface area is 208 Å². The Hall–Kier alpha value is 0.0538. The summed E-state index contributed by atoms with van der Waals surface area (Å²) in [5.41, 5.74) is 1.59. The van der Waals surface area contributed by atoms with Crippen molar-refractivity contribution in [1.82, 2.24) is 0 Å². The van der Waals surface area contributed by atoms with Gasteiger partial charge in [0.2, 0.25) is 0 Å². The number of fused-ring (bicyclic) bond motifs is 1. The van der Waals surface area contributed by atoms with E-state index in [1.807, 2.05) is 0 Å². The van der Waals surface area contributed by atoms with Crippen LogP contribution in [0, 0.1) is 16.7 Å². The zero-order valence-electron chi connectivity index (χ0n) is 23.8. The Bertz CT molecular complexity index is 656. The quantitative estimate of drug-likeness (QED) is 0.177. The van der Waals surface area contributed by atoms with Crippen molar-refractivity contribution in [2.45, 2.75) is 136 Å². The third kappa shape index (κ3) is 6.25. The van der Waals surface area contributed by atoms with E-state index in [0.717, 1.165) is 25.9 Å². The number of rotatable bonds is 11. The van der Waals surface area contributed by atoms with Gasteiger partial charge in [-0.05, 0) is 97.1 Å². The first-order valence-corrected chi connectivity index (χ1v) is 19.3. The Kier molecular flexibility index (Phi) is 9.75. The summed E-state index contributed by atoms with van der Waals surface area (Å²) in [6.45, 7) is 24.9. The summed E-state index contributed by atoms with van der Waals surface area (Å²) >= 11 is 0. The first-order valence-electron chi connectivity index (χ1n) is 13.9. The van der Waals surface area contributed by atoms with E-state index in [-0.39, 0.29) is 22.5 Å². The molecule has 0 aromatic rings. The number of allylic oxidation sites excluding steroid dienone is 1. The van der Waals surface area contributed by atoms with Gasteiger partial charge in [0.05, 0.1) is 12.7 Å². The summed E-state index contributed by atoms with van der Waals surface area (Å²) in [7, 11) is -3.39. The van der Waals surface area contributed by atoms with Crippen LogP contribution in [0.1, 0.15) is 93.9 Å². The highest BCUT2D eigenvalue weighted by molar-refractivity contribution is 6.74. The maximum absolute atomic E-state index is 9.84. The predicted molar refractivity (Wildman–Crippen MR) is 148 cm³/mol. The van der Waals surface area contributed by atoms with Gasteiger partial charge in [-0.1, -0.05) is 61.5 Å². The second kappa shape index (κ2) is 11.0. The molecule has 0 aromatic heterocycles. The lowest BCUT2D eigenvalue weighted by Crippen LogP contribution is -2.56. The van der Waals surface area contributed by atoms with Crippen LogP contribution in [0.25, 0.3) is 0 Å². The van der Waals surface area contributed by atoms with E-state index < -0.39 is 16.6 Å². The molecule has 33 heavy (non-hydrogen) atoms. The van der Waals surface area contributed by atoms with Crippen LogP contribution < -0.4 is 0 Å². The lowest BCUT2D eigenvalue weighted by molar-refractivity contribution is -0.0945. The van der Waals surface area contributed by atoms with Gasteiger partial charge in [-0.3, -0.25) is 0 Å². The van der Waals surface area contributed by atoms with Crippen LogP contribution in [0.15, 0.2) is 11.6 Å². The largest absolute Gasteiger partial charge is 0.417 e. The SMILES string of the molecule is CC[Si](CC)(CC)O[C@@H]1CC[C@]2(C)C=C(CO)CC[C@H]2[C@]1(C)CCCO[Si](C)(C)C(C)(C)C. The zero-order chi connectivity index (χ0) is 25.1. The number of aliphatic hydroxyl groups is 1. The molecule has 0 saturated heterocycles. The molecule has 0 heterocycles. The molecule has 0 amide bonds. The third-order valence-electron chi connectivity index (χ3n) is 10.2. The van der Waals surface area contributed by atoms with Crippen molar-refractivity contribution in [1.29, 1.82) is 0 Å². The first-order chi connectivity index (χ1) is 15.2. The van der Waals surface area contributed by atoms with Gasteiger partial charge in [-0.2, -0.15) is 0 Å². The summed E-state index contributed by atoms with van der Waals surface area (Å²) in [5, 5.41) is 10.1. The monoisotopic (exact) mass is 496 g/mol. The second-order valence-electron chi connectivity index (χ2n) is 13.2. The Morgan fingerprint density at radius 3 is 2.18 bits per heavy atom. The molecule has 0 spiro atoms. The topological polar surface area (TPSA) is 38.7 Å². The fourth-order valence-electron chi connectivity index (χ4n) is 6.58. The molecule has 0 aromatic carbocycles. The molecule has 0 aliphatic heterocycles. The van der Waals surface area contributed by atoms with Crippen molar-refractivity contribution in [3.05, 3.63) is 11.6 Å².